The fraction of sp³-hybridized carbons (Fsp3) is 0.588. The topological polar surface area (TPSA) is 38.3 Å². The first kappa shape index (κ1) is 18.1. The first-order valence-electron chi connectivity index (χ1n) is 7.26. The fourth-order valence-electron chi connectivity index (χ4n) is 1.97. The lowest BCUT2D eigenvalue weighted by atomic mass is 9.87. The largest absolute Gasteiger partial charge is 0.383 e. The van der Waals surface area contributed by atoms with Gasteiger partial charge in [0.1, 0.15) is 0 Å². The van der Waals surface area contributed by atoms with Gasteiger partial charge in [0.15, 0.2) is 0 Å². The van der Waals surface area contributed by atoms with E-state index in [0.29, 0.717) is 12.4 Å². The van der Waals surface area contributed by atoms with E-state index in [1.165, 1.54) is 16.0 Å². The molecule has 0 aromatic heterocycles. The molecule has 1 atom stereocenters. The Kier molecular flexibility index (Phi) is 6.75. The lowest BCUT2D eigenvalue weighted by molar-refractivity contribution is -0.119. The van der Waals surface area contributed by atoms with E-state index in [2.05, 4.69) is 51.2 Å². The maximum absolute atomic E-state index is 11.9. The second kappa shape index (κ2) is 7.85. The molecule has 1 N–H and O–H groups in total. The van der Waals surface area contributed by atoms with Gasteiger partial charge in [0.2, 0.25) is 5.91 Å². The Labute approximate surface area is 132 Å². The predicted octanol–water partition coefficient (Wildman–Crippen LogP) is 3.54. The normalized spacial score (nSPS) is 13.0. The molecular formula is C17H27NO2S. The zero-order chi connectivity index (χ0) is 16.0. The Balaban J connectivity index is 2.65. The summed E-state index contributed by atoms with van der Waals surface area (Å²) in [6.45, 7) is 11.2. The lowest BCUT2D eigenvalue weighted by Gasteiger charge is -2.20. The van der Waals surface area contributed by atoms with Crippen molar-refractivity contribution in [3.05, 3.63) is 29.3 Å². The van der Waals surface area contributed by atoms with Crippen molar-refractivity contribution in [2.24, 2.45) is 0 Å². The highest BCUT2D eigenvalue weighted by molar-refractivity contribution is 8.00. The minimum atomic E-state index is 0.0464. The molecule has 0 aliphatic heterocycles. The predicted molar refractivity (Wildman–Crippen MR) is 90.1 cm³/mol. The average molecular weight is 309 g/mol. The van der Waals surface area contributed by atoms with E-state index in [1.807, 2.05) is 6.92 Å². The summed E-state index contributed by atoms with van der Waals surface area (Å²) in [5.41, 5.74) is 2.63. The summed E-state index contributed by atoms with van der Waals surface area (Å²) < 4.78 is 5.02. The van der Waals surface area contributed by atoms with Crippen molar-refractivity contribution in [3.8, 4) is 0 Å². The van der Waals surface area contributed by atoms with Gasteiger partial charge in [0.25, 0.3) is 0 Å². The van der Waals surface area contributed by atoms with Gasteiger partial charge < -0.3 is 10.1 Å². The number of aryl methyl sites for hydroxylation is 1. The SMILES string of the molecule is COCC(C)NC(=O)CSc1cc(C(C)(C)C)ccc1C. The maximum atomic E-state index is 11.9. The number of methoxy groups -OCH3 is 1. The Morgan fingerprint density at radius 1 is 1.38 bits per heavy atom. The molecule has 1 rings (SSSR count). The third kappa shape index (κ3) is 6.10. The van der Waals surface area contributed by atoms with Crippen LogP contribution < -0.4 is 5.32 Å². The Bertz CT molecular complexity index is 480. The molecular weight excluding hydrogens is 282 g/mol. The molecule has 0 saturated carbocycles. The first-order valence-corrected chi connectivity index (χ1v) is 8.25. The second-order valence-electron chi connectivity index (χ2n) is 6.44. The number of hydrogen-bond donors (Lipinski definition) is 1. The fourth-order valence-corrected chi connectivity index (χ4v) is 2.85. The molecule has 3 nitrogen and oxygen atoms in total. The Morgan fingerprint density at radius 3 is 2.62 bits per heavy atom. The molecule has 0 fully saturated rings. The smallest absolute Gasteiger partial charge is 0.230 e. The molecule has 0 saturated heterocycles. The van der Waals surface area contributed by atoms with Crippen LogP contribution in [0.1, 0.15) is 38.8 Å². The Morgan fingerprint density at radius 2 is 2.05 bits per heavy atom. The van der Waals surface area contributed by atoms with Crippen LogP contribution in [0.5, 0.6) is 0 Å². The van der Waals surface area contributed by atoms with E-state index >= 15 is 0 Å². The van der Waals surface area contributed by atoms with E-state index in [4.69, 9.17) is 4.74 Å². The van der Waals surface area contributed by atoms with E-state index in [1.54, 1.807) is 18.9 Å². The van der Waals surface area contributed by atoms with Crippen LogP contribution in [0, 0.1) is 6.92 Å². The quantitative estimate of drug-likeness (QED) is 0.817. The van der Waals surface area contributed by atoms with Crippen molar-refractivity contribution >= 4 is 17.7 Å². The van der Waals surface area contributed by atoms with Gasteiger partial charge in [0.05, 0.1) is 12.4 Å². The molecule has 1 unspecified atom stereocenters. The second-order valence-corrected chi connectivity index (χ2v) is 7.46. The van der Waals surface area contributed by atoms with E-state index in [-0.39, 0.29) is 17.4 Å². The summed E-state index contributed by atoms with van der Waals surface area (Å²) in [6.07, 6.45) is 0. The molecule has 1 amide bonds. The van der Waals surface area contributed by atoms with Crippen molar-refractivity contribution in [2.75, 3.05) is 19.5 Å². The van der Waals surface area contributed by atoms with Crippen molar-refractivity contribution < 1.29 is 9.53 Å². The minimum absolute atomic E-state index is 0.0464. The van der Waals surface area contributed by atoms with E-state index in [0.717, 1.165) is 0 Å². The monoisotopic (exact) mass is 309 g/mol. The molecule has 0 aliphatic carbocycles. The number of ether oxygens (including phenoxy) is 1. The zero-order valence-corrected chi connectivity index (χ0v) is 14.8. The summed E-state index contributed by atoms with van der Waals surface area (Å²) in [5.74, 6) is 0.479. The zero-order valence-electron chi connectivity index (χ0n) is 13.9. The molecule has 118 valence electrons. The standard InChI is InChI=1S/C17H27NO2S/c1-12-7-8-14(17(3,4)5)9-15(12)21-11-16(19)18-13(2)10-20-6/h7-9,13H,10-11H2,1-6H3,(H,18,19). The number of nitrogens with one attached hydrogen (secondary N) is 1. The van der Waals surface area contributed by atoms with Crippen molar-refractivity contribution in [2.45, 2.75) is 51.0 Å². The highest BCUT2D eigenvalue weighted by atomic mass is 32.2. The van der Waals surface area contributed by atoms with E-state index < -0.39 is 0 Å². The number of carbonyl (C=O) groups is 1. The van der Waals surface area contributed by atoms with Crippen LogP contribution in [-0.4, -0.2) is 31.4 Å². The van der Waals surface area contributed by atoms with Crippen LogP contribution in [0.3, 0.4) is 0 Å². The molecule has 0 aliphatic rings. The van der Waals surface area contributed by atoms with E-state index in [9.17, 15) is 4.79 Å². The van der Waals surface area contributed by atoms with Gasteiger partial charge in [-0.2, -0.15) is 0 Å². The molecule has 4 heteroatoms. The number of benzene rings is 1. The van der Waals surface area contributed by atoms with Crippen LogP contribution in [0.25, 0.3) is 0 Å². The highest BCUT2D eigenvalue weighted by Gasteiger charge is 2.15. The third-order valence-corrected chi connectivity index (χ3v) is 4.39. The first-order chi connectivity index (χ1) is 9.74. The lowest BCUT2D eigenvalue weighted by Crippen LogP contribution is -2.36. The molecule has 0 spiro atoms. The molecule has 0 bridgehead atoms. The summed E-state index contributed by atoms with van der Waals surface area (Å²) in [4.78, 5) is 13.1. The summed E-state index contributed by atoms with van der Waals surface area (Å²) in [5, 5.41) is 2.93. The summed E-state index contributed by atoms with van der Waals surface area (Å²) in [7, 11) is 1.64. The highest BCUT2D eigenvalue weighted by Crippen LogP contribution is 2.29. The van der Waals surface area contributed by atoms with Crippen LogP contribution in [0.2, 0.25) is 0 Å². The number of carbonyl (C=O) groups excluding carboxylic acids is 1. The third-order valence-electron chi connectivity index (χ3n) is 3.24. The van der Waals surface area contributed by atoms with Crippen LogP contribution in [-0.2, 0) is 14.9 Å². The van der Waals surface area contributed by atoms with Gasteiger partial charge in [-0.1, -0.05) is 32.9 Å². The number of amides is 1. The van der Waals surface area contributed by atoms with Crippen molar-refractivity contribution in [1.29, 1.82) is 0 Å². The van der Waals surface area contributed by atoms with Gasteiger partial charge in [-0.3, -0.25) is 4.79 Å². The summed E-state index contributed by atoms with van der Waals surface area (Å²) >= 11 is 1.59. The number of hydrogen-bond acceptors (Lipinski definition) is 3. The molecule has 0 radical (unpaired) electrons. The molecule has 21 heavy (non-hydrogen) atoms. The van der Waals surface area contributed by atoms with Crippen molar-refractivity contribution in [1.82, 2.24) is 5.32 Å². The number of rotatable bonds is 6. The molecule has 0 heterocycles. The Hall–Kier alpha value is -1.00. The van der Waals surface area contributed by atoms with Gasteiger partial charge >= 0.3 is 0 Å². The molecule has 1 aromatic rings. The van der Waals surface area contributed by atoms with Gasteiger partial charge in [-0.15, -0.1) is 11.8 Å². The van der Waals surface area contributed by atoms with Crippen molar-refractivity contribution in [3.63, 3.8) is 0 Å². The van der Waals surface area contributed by atoms with Gasteiger partial charge in [-0.25, -0.2) is 0 Å². The maximum Gasteiger partial charge on any atom is 0.230 e. The average Bonchev–Trinajstić information content (AvgIpc) is 2.36. The van der Waals surface area contributed by atoms with Gasteiger partial charge in [0, 0.05) is 18.0 Å². The number of thioether (sulfide) groups is 1. The van der Waals surface area contributed by atoms with Crippen LogP contribution in [0.15, 0.2) is 23.1 Å². The van der Waals surface area contributed by atoms with Gasteiger partial charge in [-0.05, 0) is 36.5 Å². The summed E-state index contributed by atoms with van der Waals surface area (Å²) in [6, 6.07) is 6.55. The van der Waals surface area contributed by atoms with Crippen LogP contribution in [0.4, 0.5) is 0 Å². The minimum Gasteiger partial charge on any atom is -0.383 e. The molecule has 1 aromatic carbocycles. The van der Waals surface area contributed by atoms with Crippen LogP contribution >= 0.6 is 11.8 Å².